The normalized spacial score (nSPS) is 10.8. The first kappa shape index (κ1) is 12.1. The first-order valence-electron chi connectivity index (χ1n) is 5.45. The SMILES string of the molecule is CCNCc1occc1-c1ccc(F)cc1Cl. The Kier molecular flexibility index (Phi) is 3.82. The summed E-state index contributed by atoms with van der Waals surface area (Å²) in [7, 11) is 0. The maximum atomic E-state index is 13.0. The van der Waals surface area contributed by atoms with E-state index in [1.54, 1.807) is 12.3 Å². The molecule has 0 bridgehead atoms. The topological polar surface area (TPSA) is 25.2 Å². The minimum atomic E-state index is -0.338. The molecular formula is C13H13ClFNO. The van der Waals surface area contributed by atoms with Gasteiger partial charge in [-0.25, -0.2) is 4.39 Å². The van der Waals surface area contributed by atoms with Crippen LogP contribution in [0.2, 0.25) is 5.02 Å². The summed E-state index contributed by atoms with van der Waals surface area (Å²) >= 11 is 6.02. The summed E-state index contributed by atoms with van der Waals surface area (Å²) in [5, 5.41) is 3.57. The first-order valence-corrected chi connectivity index (χ1v) is 5.82. The lowest BCUT2D eigenvalue weighted by atomic mass is 10.1. The molecule has 0 atom stereocenters. The van der Waals surface area contributed by atoms with E-state index in [9.17, 15) is 4.39 Å². The molecule has 1 N–H and O–H groups in total. The Morgan fingerprint density at radius 2 is 2.12 bits per heavy atom. The van der Waals surface area contributed by atoms with Gasteiger partial charge in [0.15, 0.2) is 0 Å². The van der Waals surface area contributed by atoms with E-state index in [0.29, 0.717) is 11.6 Å². The van der Waals surface area contributed by atoms with Crippen LogP contribution in [0.3, 0.4) is 0 Å². The quantitative estimate of drug-likeness (QED) is 0.895. The molecule has 0 amide bonds. The number of hydrogen-bond donors (Lipinski definition) is 1. The smallest absolute Gasteiger partial charge is 0.125 e. The van der Waals surface area contributed by atoms with Crippen LogP contribution in [0.1, 0.15) is 12.7 Å². The fraction of sp³-hybridized carbons (Fsp3) is 0.231. The van der Waals surface area contributed by atoms with Crippen LogP contribution in [0.25, 0.3) is 11.1 Å². The molecule has 0 unspecified atom stereocenters. The minimum Gasteiger partial charge on any atom is -0.467 e. The van der Waals surface area contributed by atoms with Gasteiger partial charge >= 0.3 is 0 Å². The highest BCUT2D eigenvalue weighted by Crippen LogP contribution is 2.31. The van der Waals surface area contributed by atoms with Gasteiger partial charge in [0.1, 0.15) is 11.6 Å². The monoisotopic (exact) mass is 253 g/mol. The Bertz CT molecular complexity index is 510. The Hall–Kier alpha value is -1.32. The van der Waals surface area contributed by atoms with E-state index < -0.39 is 0 Å². The van der Waals surface area contributed by atoms with Crippen molar-refractivity contribution >= 4 is 11.6 Å². The zero-order valence-electron chi connectivity index (χ0n) is 9.47. The number of nitrogens with one attached hydrogen (secondary N) is 1. The lowest BCUT2D eigenvalue weighted by molar-refractivity contribution is 0.489. The molecule has 0 aliphatic rings. The summed E-state index contributed by atoms with van der Waals surface area (Å²) in [5.41, 5.74) is 1.69. The Morgan fingerprint density at radius 1 is 1.29 bits per heavy atom. The van der Waals surface area contributed by atoms with Crippen molar-refractivity contribution in [3.63, 3.8) is 0 Å². The van der Waals surface area contributed by atoms with E-state index >= 15 is 0 Å². The Balaban J connectivity index is 2.35. The molecule has 0 radical (unpaired) electrons. The molecule has 17 heavy (non-hydrogen) atoms. The fourth-order valence-electron chi connectivity index (χ4n) is 1.66. The second-order valence-corrected chi connectivity index (χ2v) is 4.07. The van der Waals surface area contributed by atoms with E-state index in [1.807, 2.05) is 13.0 Å². The highest BCUT2D eigenvalue weighted by molar-refractivity contribution is 6.33. The van der Waals surface area contributed by atoms with Crippen molar-refractivity contribution in [2.24, 2.45) is 0 Å². The molecule has 0 saturated carbocycles. The molecule has 0 aliphatic carbocycles. The third-order valence-electron chi connectivity index (χ3n) is 2.50. The van der Waals surface area contributed by atoms with E-state index in [-0.39, 0.29) is 5.82 Å². The predicted octanol–water partition coefficient (Wildman–Crippen LogP) is 3.85. The van der Waals surface area contributed by atoms with Crippen LogP contribution in [0.15, 0.2) is 34.9 Å². The number of rotatable bonds is 4. The van der Waals surface area contributed by atoms with Gasteiger partial charge in [0.05, 0.1) is 17.8 Å². The Labute approximate surface area is 104 Å². The molecule has 0 spiro atoms. The van der Waals surface area contributed by atoms with Gasteiger partial charge in [0.2, 0.25) is 0 Å². The number of benzene rings is 1. The van der Waals surface area contributed by atoms with Crippen LogP contribution in [-0.2, 0) is 6.54 Å². The molecule has 0 fully saturated rings. The van der Waals surface area contributed by atoms with E-state index in [0.717, 1.165) is 23.4 Å². The maximum absolute atomic E-state index is 13.0. The number of halogens is 2. The van der Waals surface area contributed by atoms with Gasteiger partial charge in [0.25, 0.3) is 0 Å². The summed E-state index contributed by atoms with van der Waals surface area (Å²) in [6.07, 6.45) is 1.61. The zero-order chi connectivity index (χ0) is 12.3. The minimum absolute atomic E-state index is 0.338. The van der Waals surface area contributed by atoms with Crippen molar-refractivity contribution in [1.82, 2.24) is 5.32 Å². The lowest BCUT2D eigenvalue weighted by Gasteiger charge is -2.05. The molecule has 1 aromatic heterocycles. The average molecular weight is 254 g/mol. The third-order valence-corrected chi connectivity index (χ3v) is 2.81. The fourth-order valence-corrected chi connectivity index (χ4v) is 1.93. The van der Waals surface area contributed by atoms with Gasteiger partial charge < -0.3 is 9.73 Å². The summed E-state index contributed by atoms with van der Waals surface area (Å²) in [5.74, 6) is 0.468. The largest absolute Gasteiger partial charge is 0.467 e. The average Bonchev–Trinajstić information content (AvgIpc) is 2.74. The molecule has 90 valence electrons. The summed E-state index contributed by atoms with van der Waals surface area (Å²) in [6, 6.07) is 6.20. The van der Waals surface area contributed by atoms with Gasteiger partial charge in [-0.15, -0.1) is 0 Å². The lowest BCUT2D eigenvalue weighted by Crippen LogP contribution is -2.11. The van der Waals surface area contributed by atoms with Gasteiger partial charge in [-0.2, -0.15) is 0 Å². The molecule has 4 heteroatoms. The molecule has 0 saturated heterocycles. The summed E-state index contributed by atoms with van der Waals surface area (Å²) < 4.78 is 18.4. The first-order chi connectivity index (χ1) is 8.22. The maximum Gasteiger partial charge on any atom is 0.125 e. The summed E-state index contributed by atoms with van der Waals surface area (Å²) in [6.45, 7) is 3.51. The molecule has 1 aromatic carbocycles. The van der Waals surface area contributed by atoms with Crippen molar-refractivity contribution in [3.05, 3.63) is 47.1 Å². The zero-order valence-corrected chi connectivity index (χ0v) is 10.2. The molecule has 2 aromatic rings. The standard InChI is InChI=1S/C13H13ClFNO/c1-2-16-8-13-11(5-6-17-13)10-4-3-9(15)7-12(10)14/h3-7,16H,2,8H2,1H3. The van der Waals surface area contributed by atoms with Crippen LogP contribution in [-0.4, -0.2) is 6.54 Å². The van der Waals surface area contributed by atoms with E-state index in [4.69, 9.17) is 16.0 Å². The molecule has 2 nitrogen and oxygen atoms in total. The van der Waals surface area contributed by atoms with Crippen molar-refractivity contribution in [2.75, 3.05) is 6.54 Å². The highest BCUT2D eigenvalue weighted by Gasteiger charge is 2.11. The third kappa shape index (κ3) is 2.68. The van der Waals surface area contributed by atoms with Crippen LogP contribution in [0.5, 0.6) is 0 Å². The molecule has 1 heterocycles. The van der Waals surface area contributed by atoms with Crippen LogP contribution >= 0.6 is 11.6 Å². The second-order valence-electron chi connectivity index (χ2n) is 3.66. The van der Waals surface area contributed by atoms with Gasteiger partial charge in [-0.3, -0.25) is 0 Å². The van der Waals surface area contributed by atoms with Crippen LogP contribution in [0, 0.1) is 5.82 Å². The van der Waals surface area contributed by atoms with Crippen molar-refractivity contribution in [3.8, 4) is 11.1 Å². The van der Waals surface area contributed by atoms with Gasteiger partial charge in [-0.1, -0.05) is 18.5 Å². The number of hydrogen-bond acceptors (Lipinski definition) is 2. The van der Waals surface area contributed by atoms with Crippen molar-refractivity contribution < 1.29 is 8.81 Å². The predicted molar refractivity (Wildman–Crippen MR) is 66.5 cm³/mol. The molecule has 2 rings (SSSR count). The molecular weight excluding hydrogens is 241 g/mol. The second kappa shape index (κ2) is 5.34. The highest BCUT2D eigenvalue weighted by atomic mass is 35.5. The summed E-state index contributed by atoms with van der Waals surface area (Å²) in [4.78, 5) is 0. The van der Waals surface area contributed by atoms with E-state index in [1.165, 1.54) is 12.1 Å². The Morgan fingerprint density at radius 3 is 2.82 bits per heavy atom. The van der Waals surface area contributed by atoms with Crippen molar-refractivity contribution in [2.45, 2.75) is 13.5 Å². The molecule has 0 aliphatic heterocycles. The van der Waals surface area contributed by atoms with E-state index in [2.05, 4.69) is 5.32 Å². The van der Waals surface area contributed by atoms with Gasteiger partial charge in [0, 0.05) is 11.1 Å². The van der Waals surface area contributed by atoms with Gasteiger partial charge in [-0.05, 0) is 30.8 Å². The van der Waals surface area contributed by atoms with Crippen molar-refractivity contribution in [1.29, 1.82) is 0 Å². The number of furan rings is 1. The van der Waals surface area contributed by atoms with Crippen LogP contribution < -0.4 is 5.32 Å². The van der Waals surface area contributed by atoms with Crippen LogP contribution in [0.4, 0.5) is 4.39 Å².